The van der Waals surface area contributed by atoms with Gasteiger partial charge in [-0.15, -0.1) is 24.8 Å². The van der Waals surface area contributed by atoms with Crippen molar-refractivity contribution in [1.29, 1.82) is 0 Å². The average molecular weight is 163 g/mol. The van der Waals surface area contributed by atoms with Crippen molar-refractivity contribution >= 4 is 41.7 Å². The van der Waals surface area contributed by atoms with Gasteiger partial charge >= 0.3 is 22.6 Å². The minimum absolute atomic E-state index is 0. The van der Waals surface area contributed by atoms with E-state index >= 15 is 0 Å². The maximum atomic E-state index is 2.31. The first-order valence-corrected chi connectivity index (χ1v) is 2.32. The number of hydrogen-bond acceptors (Lipinski definition) is 0. The van der Waals surface area contributed by atoms with Gasteiger partial charge in [-0.1, -0.05) is 0 Å². The third-order valence-electron chi connectivity index (χ3n) is 0. The maximum Gasteiger partial charge on any atom is -0.147 e. The van der Waals surface area contributed by atoms with Crippen molar-refractivity contribution in [3.8, 4) is 0 Å². The zero-order chi connectivity index (χ0) is 2.00. The van der Waals surface area contributed by atoms with Gasteiger partial charge in [0.2, 0.25) is 0 Å². The molecule has 0 fully saturated rings. The zero-order valence-corrected chi connectivity index (χ0v) is 5.77. The first kappa shape index (κ1) is 19.2. The molecule has 0 unspecified atom stereocenters. The second-order valence-corrected chi connectivity index (χ2v) is 0. The van der Waals surface area contributed by atoms with Gasteiger partial charge in [0.25, 0.3) is 0 Å². The molecule has 0 spiro atoms. The Morgan fingerprint density at radius 2 is 1.00 bits per heavy atom. The standard InChI is InChI=1S/CH3As.2ClH/c1-2;;/h1H3;2*1H. The van der Waals surface area contributed by atoms with Gasteiger partial charge in [-0.25, -0.2) is 0 Å². The monoisotopic (exact) mass is 162 g/mol. The van der Waals surface area contributed by atoms with Crippen LogP contribution in [-0.2, 0) is 0 Å². The molecule has 0 aromatic carbocycles. The molecule has 0 saturated carbocycles. The van der Waals surface area contributed by atoms with Crippen LogP contribution in [0.1, 0.15) is 0 Å². The van der Waals surface area contributed by atoms with E-state index in [9.17, 15) is 0 Å². The fourth-order valence-corrected chi connectivity index (χ4v) is 0. The molecular formula is CH5AsCl2. The summed E-state index contributed by atoms with van der Waals surface area (Å²) in [5.74, 6) is 0. The molecule has 0 nitrogen and oxygen atoms in total. The van der Waals surface area contributed by atoms with Crippen molar-refractivity contribution in [2.24, 2.45) is 0 Å². The van der Waals surface area contributed by atoms with Gasteiger partial charge < -0.3 is 0 Å². The summed E-state index contributed by atoms with van der Waals surface area (Å²) in [6.07, 6.45) is 0. The third kappa shape index (κ3) is 11.1. The molecule has 0 atom stereocenters. The van der Waals surface area contributed by atoms with E-state index in [0.29, 0.717) is 0 Å². The first-order valence-electron chi connectivity index (χ1n) is 0.447. The first-order chi connectivity index (χ1) is 1.00. The Morgan fingerprint density at radius 3 is 1.00 bits per heavy atom. The Hall–Kier alpha value is 1.14. The maximum absolute atomic E-state index is 2.31. The van der Waals surface area contributed by atoms with E-state index in [1.165, 1.54) is 0 Å². The molecule has 0 N–H and O–H groups in total. The van der Waals surface area contributed by atoms with Gasteiger partial charge in [0.1, 0.15) is 0 Å². The van der Waals surface area contributed by atoms with E-state index in [1.54, 1.807) is 0 Å². The Bertz CT molecular complexity index is 6.00. The smallest absolute Gasteiger partial charge is 0.147 e. The van der Waals surface area contributed by atoms with E-state index in [4.69, 9.17) is 0 Å². The molecule has 0 saturated heterocycles. The van der Waals surface area contributed by atoms with Crippen LogP contribution in [0.3, 0.4) is 0 Å². The van der Waals surface area contributed by atoms with Gasteiger partial charge in [-0.3, -0.25) is 0 Å². The predicted molar refractivity (Wildman–Crippen MR) is 26.1 cm³/mol. The van der Waals surface area contributed by atoms with E-state index in [1.807, 2.05) is 5.71 Å². The summed E-state index contributed by atoms with van der Waals surface area (Å²) >= 11 is 2.31. The van der Waals surface area contributed by atoms with Crippen LogP contribution in [0, 0.1) is 0 Å². The van der Waals surface area contributed by atoms with E-state index in [-0.39, 0.29) is 24.8 Å². The van der Waals surface area contributed by atoms with Crippen LogP contribution in [0.2, 0.25) is 5.71 Å². The SMILES string of the molecule is C[As].Cl.Cl. The number of halogens is 2. The van der Waals surface area contributed by atoms with Crippen LogP contribution in [0.4, 0.5) is 0 Å². The Labute approximate surface area is 47.7 Å². The third-order valence-corrected chi connectivity index (χ3v) is 0. The molecule has 0 aromatic heterocycles. The summed E-state index contributed by atoms with van der Waals surface area (Å²) in [5.41, 5.74) is 1.94. The van der Waals surface area contributed by atoms with Crippen LogP contribution in [-0.4, -0.2) is 16.9 Å². The van der Waals surface area contributed by atoms with E-state index in [0.717, 1.165) is 0 Å². The molecule has 0 aliphatic heterocycles. The summed E-state index contributed by atoms with van der Waals surface area (Å²) in [7, 11) is 0. The van der Waals surface area contributed by atoms with Gasteiger partial charge in [-0.05, 0) is 0 Å². The molecule has 4 heavy (non-hydrogen) atoms. The summed E-state index contributed by atoms with van der Waals surface area (Å²) in [6, 6.07) is 0. The molecule has 0 aromatic rings. The summed E-state index contributed by atoms with van der Waals surface area (Å²) in [5, 5.41) is 0. The van der Waals surface area contributed by atoms with Crippen LogP contribution >= 0.6 is 24.8 Å². The van der Waals surface area contributed by atoms with Crippen molar-refractivity contribution in [3.05, 3.63) is 0 Å². The summed E-state index contributed by atoms with van der Waals surface area (Å²) in [6.45, 7) is 0. The second-order valence-electron chi connectivity index (χ2n) is 0. The fraction of sp³-hybridized carbons (Fsp3) is 1.00. The molecule has 0 aliphatic rings. The van der Waals surface area contributed by atoms with Crippen molar-refractivity contribution < 1.29 is 0 Å². The minimum atomic E-state index is 0. The Balaban J connectivity index is -0.00000000500. The van der Waals surface area contributed by atoms with E-state index < -0.39 is 0 Å². The molecule has 2 radical (unpaired) electrons. The average Bonchev–Trinajstić information content (AvgIpc) is 1.00. The van der Waals surface area contributed by atoms with Gasteiger partial charge in [0, 0.05) is 0 Å². The zero-order valence-electron chi connectivity index (χ0n) is 2.26. The summed E-state index contributed by atoms with van der Waals surface area (Å²) < 4.78 is 0. The van der Waals surface area contributed by atoms with Crippen molar-refractivity contribution in [2.75, 3.05) is 0 Å². The van der Waals surface area contributed by atoms with E-state index in [2.05, 4.69) is 16.9 Å². The second kappa shape index (κ2) is 31.5. The van der Waals surface area contributed by atoms with Crippen molar-refractivity contribution in [1.82, 2.24) is 0 Å². The molecule has 0 amide bonds. The minimum Gasteiger partial charge on any atom is -0.147 e. The Morgan fingerprint density at radius 1 is 1.00 bits per heavy atom. The molecule has 28 valence electrons. The summed E-state index contributed by atoms with van der Waals surface area (Å²) in [4.78, 5) is 0. The normalized spacial score (nSPS) is 1.50. The molecule has 0 heterocycles. The molecule has 0 rings (SSSR count). The van der Waals surface area contributed by atoms with Crippen LogP contribution < -0.4 is 0 Å². The number of rotatable bonds is 0. The molecule has 0 bridgehead atoms. The molecule has 0 aliphatic carbocycles. The van der Waals surface area contributed by atoms with Gasteiger partial charge in [0.15, 0.2) is 0 Å². The van der Waals surface area contributed by atoms with Crippen molar-refractivity contribution in [2.45, 2.75) is 5.71 Å². The largest absolute Gasteiger partial charge is 0.147 e. The van der Waals surface area contributed by atoms with Gasteiger partial charge in [-0.2, -0.15) is 0 Å². The quantitative estimate of drug-likeness (QED) is 0.468. The predicted octanol–water partition coefficient (Wildman–Crippen LogP) is 1.05. The van der Waals surface area contributed by atoms with Gasteiger partial charge in [0.05, 0.1) is 0 Å². The molecular weight excluding hydrogens is 158 g/mol. The fourth-order valence-electron chi connectivity index (χ4n) is 0. The topological polar surface area (TPSA) is 0 Å². The van der Waals surface area contributed by atoms with Crippen LogP contribution in [0.25, 0.3) is 0 Å². The Kier molecular flexibility index (Phi) is 151. The molecule has 3 heteroatoms. The van der Waals surface area contributed by atoms with Crippen LogP contribution in [0.5, 0.6) is 0 Å². The number of hydrogen-bond donors (Lipinski definition) is 0. The van der Waals surface area contributed by atoms with Crippen LogP contribution in [0.15, 0.2) is 0 Å². The van der Waals surface area contributed by atoms with Crippen molar-refractivity contribution in [3.63, 3.8) is 0 Å².